The molecule has 0 radical (unpaired) electrons. The number of hydrogen-bond acceptors (Lipinski definition) is 6. The van der Waals surface area contributed by atoms with E-state index in [-0.39, 0.29) is 5.41 Å². The van der Waals surface area contributed by atoms with Gasteiger partial charge in [0.25, 0.3) is 0 Å². The second-order valence-electron chi connectivity index (χ2n) is 9.41. The molecule has 2 aliphatic heterocycles. The number of aromatic nitrogens is 2. The van der Waals surface area contributed by atoms with Crippen molar-refractivity contribution in [1.29, 1.82) is 0 Å². The largest absolute Gasteiger partial charge is 0.486 e. The van der Waals surface area contributed by atoms with Gasteiger partial charge >= 0.3 is 0 Å². The van der Waals surface area contributed by atoms with E-state index in [4.69, 9.17) is 19.3 Å². The van der Waals surface area contributed by atoms with Crippen LogP contribution >= 0.6 is 0 Å². The Morgan fingerprint density at radius 1 is 1.06 bits per heavy atom. The fourth-order valence-electron chi connectivity index (χ4n) is 4.45. The van der Waals surface area contributed by atoms with Crippen LogP contribution in [0.4, 0.5) is 5.82 Å². The molecule has 1 fully saturated rings. The monoisotopic (exact) mass is 428 g/mol. The van der Waals surface area contributed by atoms with E-state index in [1.807, 2.05) is 10.7 Å². The van der Waals surface area contributed by atoms with Crippen molar-refractivity contribution in [2.45, 2.75) is 45.6 Å². The molecule has 0 bridgehead atoms. The summed E-state index contributed by atoms with van der Waals surface area (Å²) in [6, 6.07) is 6.30. The maximum absolute atomic E-state index is 5.79. The zero-order valence-electron chi connectivity index (χ0n) is 19.5. The van der Waals surface area contributed by atoms with Crippen molar-refractivity contribution in [2.24, 2.45) is 7.05 Å². The molecule has 1 saturated heterocycles. The van der Waals surface area contributed by atoms with Crippen LogP contribution in [0.15, 0.2) is 18.2 Å². The van der Waals surface area contributed by atoms with Gasteiger partial charge in [0.05, 0.1) is 18.9 Å². The topological polar surface area (TPSA) is 60.8 Å². The molecule has 2 aliphatic rings. The van der Waals surface area contributed by atoms with Crippen LogP contribution in [0.2, 0.25) is 0 Å². The average molecular weight is 429 g/mol. The molecule has 170 valence electrons. The number of nitrogens with zero attached hydrogens (tertiary/aromatic N) is 3. The first-order chi connectivity index (χ1) is 14.9. The van der Waals surface area contributed by atoms with E-state index in [1.165, 1.54) is 22.6 Å². The lowest BCUT2D eigenvalue weighted by Gasteiger charge is -2.30. The van der Waals surface area contributed by atoms with Gasteiger partial charge in [-0.2, -0.15) is 5.10 Å². The van der Waals surface area contributed by atoms with Gasteiger partial charge in [-0.1, -0.05) is 33.8 Å². The van der Waals surface area contributed by atoms with E-state index in [0.717, 1.165) is 50.9 Å². The molecule has 4 rings (SSSR count). The highest BCUT2D eigenvalue weighted by molar-refractivity contribution is 5.52. The number of aryl methyl sites for hydroxylation is 1. The molecule has 7 nitrogen and oxygen atoms in total. The van der Waals surface area contributed by atoms with Crippen LogP contribution in [0.25, 0.3) is 0 Å². The molecular formula is C24H36N4O3. The Morgan fingerprint density at radius 2 is 1.77 bits per heavy atom. The predicted molar refractivity (Wildman–Crippen MR) is 122 cm³/mol. The Bertz CT molecular complexity index is 900. The first kappa shape index (κ1) is 22.0. The lowest BCUT2D eigenvalue weighted by Crippen LogP contribution is -2.38. The summed E-state index contributed by atoms with van der Waals surface area (Å²) in [5.41, 5.74) is 3.67. The quantitative estimate of drug-likeness (QED) is 0.731. The van der Waals surface area contributed by atoms with Crippen LogP contribution in [0.1, 0.15) is 50.4 Å². The Hall–Kier alpha value is -2.25. The van der Waals surface area contributed by atoms with E-state index in [0.29, 0.717) is 19.1 Å². The molecule has 0 atom stereocenters. The number of benzene rings is 1. The summed E-state index contributed by atoms with van der Waals surface area (Å²) in [4.78, 5) is 2.41. The van der Waals surface area contributed by atoms with Gasteiger partial charge < -0.3 is 24.4 Å². The molecule has 0 spiro atoms. The molecule has 31 heavy (non-hydrogen) atoms. The van der Waals surface area contributed by atoms with Crippen molar-refractivity contribution >= 4 is 5.82 Å². The lowest BCUT2D eigenvalue weighted by atomic mass is 9.84. The number of nitrogens with one attached hydrogen (secondary N) is 1. The number of fused-ring (bicyclic) bond motifs is 1. The molecule has 0 unspecified atom stereocenters. The SMILES string of the molecule is CC(C)c1nn(C)c(N2CCOCC2)c1CNCC(C)(C)c1ccc2c(c1)OCCO2. The molecule has 1 aromatic heterocycles. The fraction of sp³-hybridized carbons (Fsp3) is 0.625. The molecule has 1 aromatic carbocycles. The minimum atomic E-state index is -0.0465. The molecule has 7 heteroatoms. The first-order valence-corrected chi connectivity index (χ1v) is 11.4. The maximum Gasteiger partial charge on any atom is 0.161 e. The fourth-order valence-corrected chi connectivity index (χ4v) is 4.45. The van der Waals surface area contributed by atoms with Gasteiger partial charge in [-0.3, -0.25) is 4.68 Å². The van der Waals surface area contributed by atoms with Crippen LogP contribution in [0.3, 0.4) is 0 Å². The molecule has 0 aliphatic carbocycles. The molecular weight excluding hydrogens is 392 g/mol. The normalized spacial score (nSPS) is 16.8. The summed E-state index contributed by atoms with van der Waals surface area (Å²) in [7, 11) is 2.05. The van der Waals surface area contributed by atoms with E-state index in [9.17, 15) is 0 Å². The number of anilines is 1. The Balaban J connectivity index is 1.49. The van der Waals surface area contributed by atoms with Crippen LogP contribution in [-0.2, 0) is 23.7 Å². The number of hydrogen-bond donors (Lipinski definition) is 1. The van der Waals surface area contributed by atoms with Gasteiger partial charge in [0.1, 0.15) is 19.0 Å². The van der Waals surface area contributed by atoms with E-state index in [1.54, 1.807) is 0 Å². The van der Waals surface area contributed by atoms with Crippen molar-refractivity contribution in [1.82, 2.24) is 15.1 Å². The van der Waals surface area contributed by atoms with E-state index < -0.39 is 0 Å². The zero-order valence-corrected chi connectivity index (χ0v) is 19.5. The minimum Gasteiger partial charge on any atom is -0.486 e. The van der Waals surface area contributed by atoms with Gasteiger partial charge in [0, 0.05) is 44.2 Å². The van der Waals surface area contributed by atoms with Crippen molar-refractivity contribution in [2.75, 3.05) is 51.0 Å². The molecule has 2 aromatic rings. The van der Waals surface area contributed by atoms with Gasteiger partial charge in [-0.25, -0.2) is 0 Å². The summed E-state index contributed by atoms with van der Waals surface area (Å²) in [5, 5.41) is 8.60. The third-order valence-corrected chi connectivity index (χ3v) is 6.19. The van der Waals surface area contributed by atoms with Gasteiger partial charge in [-0.15, -0.1) is 0 Å². The second-order valence-corrected chi connectivity index (χ2v) is 9.41. The van der Waals surface area contributed by atoms with Crippen LogP contribution < -0.4 is 19.7 Å². The van der Waals surface area contributed by atoms with Crippen molar-refractivity contribution in [3.05, 3.63) is 35.0 Å². The average Bonchev–Trinajstić information content (AvgIpc) is 3.10. The summed E-state index contributed by atoms with van der Waals surface area (Å²) in [6.45, 7) is 15.2. The Labute approximate surface area is 185 Å². The molecule has 0 saturated carbocycles. The highest BCUT2D eigenvalue weighted by Gasteiger charge is 2.26. The van der Waals surface area contributed by atoms with Crippen LogP contribution in [0, 0.1) is 0 Å². The van der Waals surface area contributed by atoms with Gasteiger partial charge in [-0.05, 0) is 23.6 Å². The summed E-state index contributed by atoms with van der Waals surface area (Å²) in [6.07, 6.45) is 0. The van der Waals surface area contributed by atoms with Crippen molar-refractivity contribution in [3.8, 4) is 11.5 Å². The molecule has 3 heterocycles. The summed E-state index contributed by atoms with van der Waals surface area (Å²) in [5.74, 6) is 3.28. The van der Waals surface area contributed by atoms with E-state index in [2.05, 4.69) is 57.1 Å². The van der Waals surface area contributed by atoms with Gasteiger partial charge in [0.15, 0.2) is 11.5 Å². The highest BCUT2D eigenvalue weighted by Crippen LogP contribution is 2.35. The number of morpholine rings is 1. The van der Waals surface area contributed by atoms with E-state index >= 15 is 0 Å². The van der Waals surface area contributed by atoms with Crippen molar-refractivity contribution in [3.63, 3.8) is 0 Å². The Kier molecular flexibility index (Phi) is 6.44. The summed E-state index contributed by atoms with van der Waals surface area (Å²) >= 11 is 0. The third-order valence-electron chi connectivity index (χ3n) is 6.19. The molecule has 1 N–H and O–H groups in total. The predicted octanol–water partition coefficient (Wildman–Crippen LogP) is 3.22. The van der Waals surface area contributed by atoms with Gasteiger partial charge in [0.2, 0.25) is 0 Å². The van der Waals surface area contributed by atoms with Crippen LogP contribution in [0.5, 0.6) is 11.5 Å². The smallest absolute Gasteiger partial charge is 0.161 e. The standard InChI is InChI=1S/C24H36N4O3/c1-17(2)22-19(23(27(5)26-22)28-8-10-29-11-9-28)15-25-16-24(3,4)18-6-7-20-21(14-18)31-13-12-30-20/h6-7,14,17,25H,8-13,15-16H2,1-5H3. The first-order valence-electron chi connectivity index (χ1n) is 11.4. The van der Waals surface area contributed by atoms with Crippen LogP contribution in [-0.4, -0.2) is 55.8 Å². The molecule has 0 amide bonds. The maximum atomic E-state index is 5.79. The zero-order chi connectivity index (χ0) is 22.0. The lowest BCUT2D eigenvalue weighted by molar-refractivity contribution is 0.122. The third kappa shape index (κ3) is 4.67. The second kappa shape index (κ2) is 9.09. The number of ether oxygens (including phenoxy) is 3. The Morgan fingerprint density at radius 3 is 2.48 bits per heavy atom. The highest BCUT2D eigenvalue weighted by atomic mass is 16.6. The van der Waals surface area contributed by atoms with Crippen molar-refractivity contribution < 1.29 is 14.2 Å². The number of rotatable bonds is 7. The minimum absolute atomic E-state index is 0.0465. The summed E-state index contributed by atoms with van der Waals surface area (Å²) < 4.78 is 19.1.